The molecule has 0 aliphatic rings. The van der Waals surface area contributed by atoms with Gasteiger partial charge in [0.25, 0.3) is 0 Å². The van der Waals surface area contributed by atoms with Gasteiger partial charge in [-0.05, 0) is 35.7 Å². The molecule has 0 spiro atoms. The van der Waals surface area contributed by atoms with Crippen molar-refractivity contribution in [3.05, 3.63) is 15.9 Å². The smallest absolute Gasteiger partial charge is 0.0766 e. The zero-order chi connectivity index (χ0) is 12.1. The zero-order valence-electron chi connectivity index (χ0n) is 10.3. The van der Waals surface area contributed by atoms with Gasteiger partial charge in [0.2, 0.25) is 0 Å². The summed E-state index contributed by atoms with van der Waals surface area (Å²) in [6.45, 7) is 7.26. The summed E-state index contributed by atoms with van der Waals surface area (Å²) >= 11 is 3.64. The molecular weight excluding hydrogens is 268 g/mol. The van der Waals surface area contributed by atoms with Crippen LogP contribution in [0.1, 0.15) is 38.6 Å². The largest absolute Gasteiger partial charge is 0.271 e. The summed E-state index contributed by atoms with van der Waals surface area (Å²) in [5.74, 6) is 5.52. The van der Waals surface area contributed by atoms with Crippen LogP contribution in [-0.4, -0.2) is 15.8 Å². The number of hydrazine groups is 1. The molecule has 3 N–H and O–H groups in total. The molecule has 4 nitrogen and oxygen atoms in total. The number of nitrogens with two attached hydrogens (primary N) is 1. The Morgan fingerprint density at radius 1 is 1.44 bits per heavy atom. The van der Waals surface area contributed by atoms with E-state index in [4.69, 9.17) is 5.84 Å². The fourth-order valence-corrected chi connectivity index (χ4v) is 2.49. The Bertz CT molecular complexity index is 331. The van der Waals surface area contributed by atoms with Gasteiger partial charge in [-0.15, -0.1) is 0 Å². The molecule has 0 aromatic carbocycles. The summed E-state index contributed by atoms with van der Waals surface area (Å²) in [4.78, 5) is 0. The Hall–Kier alpha value is -0.390. The number of aromatic nitrogens is 2. The summed E-state index contributed by atoms with van der Waals surface area (Å²) in [6, 6.07) is 0.308. The highest BCUT2D eigenvalue weighted by Crippen LogP contribution is 2.23. The molecule has 1 rings (SSSR count). The Balaban J connectivity index is 2.96. The van der Waals surface area contributed by atoms with Crippen molar-refractivity contribution in [2.75, 3.05) is 0 Å². The van der Waals surface area contributed by atoms with Crippen molar-refractivity contribution in [2.45, 2.75) is 52.6 Å². The number of halogens is 1. The molecule has 1 heterocycles. The van der Waals surface area contributed by atoms with Gasteiger partial charge in [0, 0.05) is 19.0 Å². The fourth-order valence-electron chi connectivity index (χ4n) is 1.77. The second-order valence-corrected chi connectivity index (χ2v) is 4.65. The lowest BCUT2D eigenvalue weighted by molar-refractivity contribution is 0.486. The first-order chi connectivity index (χ1) is 7.67. The van der Waals surface area contributed by atoms with Gasteiger partial charge in [0.1, 0.15) is 0 Å². The van der Waals surface area contributed by atoms with Gasteiger partial charge < -0.3 is 0 Å². The Kier molecular flexibility index (Phi) is 5.44. The van der Waals surface area contributed by atoms with Gasteiger partial charge in [-0.25, -0.2) is 0 Å². The van der Waals surface area contributed by atoms with Gasteiger partial charge in [0.05, 0.1) is 15.9 Å². The molecule has 92 valence electrons. The lowest BCUT2D eigenvalue weighted by Gasteiger charge is -2.14. The number of nitrogens with one attached hydrogen (secondary N) is 1. The summed E-state index contributed by atoms with van der Waals surface area (Å²) in [6.07, 6.45) is 2.88. The highest BCUT2D eigenvalue weighted by molar-refractivity contribution is 9.10. The van der Waals surface area contributed by atoms with E-state index in [1.54, 1.807) is 0 Å². The van der Waals surface area contributed by atoms with Crippen LogP contribution in [0.25, 0.3) is 0 Å². The predicted molar refractivity (Wildman–Crippen MR) is 70.1 cm³/mol. The van der Waals surface area contributed by atoms with Crippen molar-refractivity contribution in [1.29, 1.82) is 0 Å². The third-order valence-electron chi connectivity index (χ3n) is 2.86. The third kappa shape index (κ3) is 2.84. The molecule has 1 aromatic heterocycles. The van der Waals surface area contributed by atoms with Crippen LogP contribution in [0.2, 0.25) is 0 Å². The normalized spacial score (nSPS) is 13.1. The summed E-state index contributed by atoms with van der Waals surface area (Å²) in [5, 5.41) is 4.57. The average molecular weight is 289 g/mol. The van der Waals surface area contributed by atoms with Crippen LogP contribution in [0.5, 0.6) is 0 Å². The van der Waals surface area contributed by atoms with E-state index in [9.17, 15) is 0 Å². The van der Waals surface area contributed by atoms with Gasteiger partial charge in [-0.3, -0.25) is 16.0 Å². The molecule has 0 fully saturated rings. The summed E-state index contributed by atoms with van der Waals surface area (Å²) < 4.78 is 3.20. The van der Waals surface area contributed by atoms with Crippen molar-refractivity contribution in [3.63, 3.8) is 0 Å². The van der Waals surface area contributed by atoms with Crippen LogP contribution in [0.15, 0.2) is 4.47 Å². The average Bonchev–Trinajstić information content (AvgIpc) is 2.62. The van der Waals surface area contributed by atoms with Crippen molar-refractivity contribution in [3.8, 4) is 0 Å². The maximum atomic E-state index is 5.52. The number of rotatable bonds is 6. The minimum Gasteiger partial charge on any atom is -0.271 e. The first kappa shape index (κ1) is 13.7. The molecule has 0 aliphatic heterocycles. The molecule has 0 saturated heterocycles. The fraction of sp³-hybridized carbons (Fsp3) is 0.727. The molecule has 16 heavy (non-hydrogen) atoms. The van der Waals surface area contributed by atoms with E-state index in [-0.39, 0.29) is 0 Å². The molecular formula is C11H21BrN4. The van der Waals surface area contributed by atoms with Crippen LogP contribution in [0.4, 0.5) is 0 Å². The molecule has 0 saturated carbocycles. The number of hydrogen-bond acceptors (Lipinski definition) is 3. The van der Waals surface area contributed by atoms with Crippen molar-refractivity contribution in [2.24, 2.45) is 5.84 Å². The lowest BCUT2D eigenvalue weighted by Crippen LogP contribution is -2.36. The predicted octanol–water partition coefficient (Wildman–Crippen LogP) is 2.01. The number of aryl methyl sites for hydroxylation is 2. The highest BCUT2D eigenvalue weighted by Gasteiger charge is 2.16. The Morgan fingerprint density at radius 3 is 2.56 bits per heavy atom. The van der Waals surface area contributed by atoms with Crippen LogP contribution in [0.3, 0.4) is 0 Å². The second-order valence-electron chi connectivity index (χ2n) is 3.85. The molecule has 0 amide bonds. The molecule has 0 aliphatic carbocycles. The van der Waals surface area contributed by atoms with Crippen LogP contribution < -0.4 is 11.3 Å². The summed E-state index contributed by atoms with van der Waals surface area (Å²) in [5.41, 5.74) is 5.21. The Morgan fingerprint density at radius 2 is 2.12 bits per heavy atom. The highest BCUT2D eigenvalue weighted by atomic mass is 79.9. The number of nitrogens with zero attached hydrogens (tertiary/aromatic N) is 2. The minimum absolute atomic E-state index is 0.308. The molecule has 0 bridgehead atoms. The Labute approximate surface area is 106 Å². The van der Waals surface area contributed by atoms with E-state index >= 15 is 0 Å². The molecule has 1 atom stereocenters. The molecule has 1 aromatic rings. The van der Waals surface area contributed by atoms with Gasteiger partial charge in [-0.2, -0.15) is 5.10 Å². The topological polar surface area (TPSA) is 55.9 Å². The number of hydrogen-bond donors (Lipinski definition) is 2. The third-order valence-corrected chi connectivity index (χ3v) is 3.78. The zero-order valence-corrected chi connectivity index (χ0v) is 11.8. The lowest BCUT2D eigenvalue weighted by atomic mass is 10.1. The van der Waals surface area contributed by atoms with E-state index in [2.05, 4.69) is 51.9 Å². The van der Waals surface area contributed by atoms with Gasteiger partial charge in [0.15, 0.2) is 0 Å². The minimum atomic E-state index is 0.308. The maximum absolute atomic E-state index is 5.52. The first-order valence-electron chi connectivity index (χ1n) is 5.87. The standard InChI is InChI=1S/C11H21BrN4/c1-4-8(14-13)7-10-11(12)9(5-2)15-16(10)6-3/h8,14H,4-7,13H2,1-3H3. The van der Waals surface area contributed by atoms with E-state index in [1.807, 2.05) is 0 Å². The van der Waals surface area contributed by atoms with Crippen LogP contribution >= 0.6 is 15.9 Å². The molecule has 5 heteroatoms. The molecule has 1 unspecified atom stereocenters. The van der Waals surface area contributed by atoms with Crippen molar-refractivity contribution in [1.82, 2.24) is 15.2 Å². The van der Waals surface area contributed by atoms with E-state index in [0.29, 0.717) is 6.04 Å². The first-order valence-corrected chi connectivity index (χ1v) is 6.67. The van der Waals surface area contributed by atoms with Crippen molar-refractivity contribution >= 4 is 15.9 Å². The van der Waals surface area contributed by atoms with Crippen molar-refractivity contribution < 1.29 is 0 Å². The monoisotopic (exact) mass is 288 g/mol. The van der Waals surface area contributed by atoms with E-state index < -0.39 is 0 Å². The SMILES string of the molecule is CCc1nn(CC)c(CC(CC)NN)c1Br. The molecule has 0 radical (unpaired) electrons. The van der Waals surface area contributed by atoms with E-state index in [0.717, 1.165) is 36.0 Å². The van der Waals surface area contributed by atoms with Crippen LogP contribution in [0, 0.1) is 0 Å². The summed E-state index contributed by atoms with van der Waals surface area (Å²) in [7, 11) is 0. The quantitative estimate of drug-likeness (QED) is 0.622. The second kappa shape index (κ2) is 6.37. The maximum Gasteiger partial charge on any atom is 0.0766 e. The van der Waals surface area contributed by atoms with Gasteiger partial charge in [-0.1, -0.05) is 13.8 Å². The van der Waals surface area contributed by atoms with E-state index in [1.165, 1.54) is 5.69 Å². The van der Waals surface area contributed by atoms with Crippen LogP contribution in [-0.2, 0) is 19.4 Å². The van der Waals surface area contributed by atoms with Gasteiger partial charge >= 0.3 is 0 Å².